The molecule has 0 aliphatic heterocycles. The summed E-state index contributed by atoms with van der Waals surface area (Å²) >= 11 is 0. The molecule has 0 saturated carbocycles. The molecule has 0 atom stereocenters. The molecule has 8 nitrogen and oxygen atoms in total. The Morgan fingerprint density at radius 3 is 2.87 bits per heavy atom. The Bertz CT molecular complexity index is 1620. The van der Waals surface area contributed by atoms with Crippen LogP contribution in [0.3, 0.4) is 0 Å². The van der Waals surface area contributed by atoms with E-state index in [0.29, 0.717) is 44.4 Å². The van der Waals surface area contributed by atoms with Gasteiger partial charge in [0.05, 0.1) is 40.8 Å². The third-order valence-corrected chi connectivity index (χ3v) is 5.44. The third kappa shape index (κ3) is 2.43. The van der Waals surface area contributed by atoms with Gasteiger partial charge in [0, 0.05) is 38.1 Å². The highest BCUT2D eigenvalue weighted by Gasteiger charge is 2.24. The number of nitrogens with zero attached hydrogens (tertiary/aromatic N) is 3. The van der Waals surface area contributed by atoms with Crippen molar-refractivity contribution >= 4 is 50.4 Å². The lowest BCUT2D eigenvalue weighted by molar-refractivity contribution is 0.414. The number of imidazole rings is 1. The monoisotopic (exact) mass is 419 g/mol. The quantitative estimate of drug-likeness (QED) is 0.435. The molecule has 0 aliphatic rings. The summed E-state index contributed by atoms with van der Waals surface area (Å²) < 4.78 is 29.6. The minimum Gasteiger partial charge on any atom is -0.496 e. The topological polar surface area (TPSA) is 97.6 Å². The number of halogens is 1. The molecule has 0 bridgehead atoms. The minimum absolute atomic E-state index is 0.0284. The number of nitrogens with one attached hydrogen (secondary N) is 2. The van der Waals surface area contributed by atoms with Crippen LogP contribution in [0.5, 0.6) is 5.75 Å². The van der Waals surface area contributed by atoms with Gasteiger partial charge in [0.15, 0.2) is 17.0 Å². The maximum absolute atomic E-state index is 15.0. The number of hydrogen-bond donors (Lipinski definition) is 2. The van der Waals surface area contributed by atoms with E-state index in [1.54, 1.807) is 38.6 Å². The molecule has 2 N–H and O–H groups in total. The molecule has 0 unspecified atom stereocenters. The average Bonchev–Trinajstić information content (AvgIpc) is 2.92. The molecule has 9 heteroatoms. The Balaban J connectivity index is 2.24. The number of pyridine rings is 1. The molecule has 0 aliphatic carbocycles. The smallest absolute Gasteiger partial charge is 0.333 e. The number of rotatable bonds is 4. The zero-order chi connectivity index (χ0) is 21.9. The maximum Gasteiger partial charge on any atom is 0.333 e. The number of aryl methyl sites for hydroxylation is 1. The first-order chi connectivity index (χ1) is 15.0. The number of hydrogen-bond acceptors (Lipinski definition) is 6. The summed E-state index contributed by atoms with van der Waals surface area (Å²) in [5, 5.41) is 11.4. The molecular weight excluding hydrogens is 401 g/mol. The predicted molar refractivity (Wildman–Crippen MR) is 118 cm³/mol. The van der Waals surface area contributed by atoms with Crippen molar-refractivity contribution in [3.05, 3.63) is 58.5 Å². The van der Waals surface area contributed by atoms with Crippen LogP contribution in [0, 0.1) is 11.2 Å². The molecule has 5 aromatic rings. The van der Waals surface area contributed by atoms with E-state index in [2.05, 4.69) is 10.3 Å². The van der Waals surface area contributed by atoms with E-state index in [1.807, 2.05) is 0 Å². The lowest BCUT2D eigenvalue weighted by atomic mass is 10.0. The summed E-state index contributed by atoms with van der Waals surface area (Å²) in [7, 11) is 4.85. The molecular formula is C22H18FN5O3. The Morgan fingerprint density at radius 1 is 1.35 bits per heavy atom. The number of methoxy groups -OCH3 is 1. The minimum atomic E-state index is -0.587. The highest BCUT2D eigenvalue weighted by molar-refractivity contribution is 6.20. The van der Waals surface area contributed by atoms with Crippen LogP contribution in [0.15, 0.2) is 45.9 Å². The predicted octanol–water partition coefficient (Wildman–Crippen LogP) is 3.44. The van der Waals surface area contributed by atoms with Crippen LogP contribution in [-0.4, -0.2) is 34.3 Å². The zero-order valence-corrected chi connectivity index (χ0v) is 17.0. The SMILES string of the molecule is CN/C=C(\C=N)c1c(OC)cc2ncc3c4c2c1oc1cccc(F)c1n4c(=O)n3C. The molecule has 0 radical (unpaired) electrons. The largest absolute Gasteiger partial charge is 0.496 e. The summed E-state index contributed by atoms with van der Waals surface area (Å²) in [6.45, 7) is 0. The van der Waals surface area contributed by atoms with Gasteiger partial charge in [0.1, 0.15) is 11.3 Å². The van der Waals surface area contributed by atoms with Crippen molar-refractivity contribution in [3.63, 3.8) is 0 Å². The van der Waals surface area contributed by atoms with E-state index in [9.17, 15) is 4.79 Å². The van der Waals surface area contributed by atoms with Gasteiger partial charge in [-0.1, -0.05) is 6.07 Å². The fourth-order valence-corrected chi connectivity index (χ4v) is 4.08. The Hall–Kier alpha value is -4.14. The standard InChI is InChI=1S/C22H18FN5O3/c1-25-9-11(8-24)17-16(30-3)7-13-18-20-14(10-26-13)27(2)22(29)28(20)19-12(23)5-4-6-15(19)31-21(17)18/h4-10,24-25H,1-3H3/b11-9+,24-8?. The van der Waals surface area contributed by atoms with Crippen molar-refractivity contribution in [1.29, 1.82) is 5.41 Å². The van der Waals surface area contributed by atoms with Crippen LogP contribution in [0.25, 0.3) is 44.2 Å². The molecule has 2 aromatic carbocycles. The van der Waals surface area contributed by atoms with Crippen LogP contribution in [0.4, 0.5) is 4.39 Å². The van der Waals surface area contributed by atoms with Gasteiger partial charge in [-0.15, -0.1) is 0 Å². The van der Waals surface area contributed by atoms with Crippen molar-refractivity contribution in [2.24, 2.45) is 7.05 Å². The molecule has 0 spiro atoms. The van der Waals surface area contributed by atoms with Crippen LogP contribution < -0.4 is 15.7 Å². The van der Waals surface area contributed by atoms with Crippen LogP contribution in [0.2, 0.25) is 0 Å². The van der Waals surface area contributed by atoms with Crippen LogP contribution in [0.1, 0.15) is 5.56 Å². The normalized spacial score (nSPS) is 12.3. The molecule has 156 valence electrons. The fraction of sp³-hybridized carbons (Fsp3) is 0.136. The molecule has 5 rings (SSSR count). The van der Waals surface area contributed by atoms with E-state index in [-0.39, 0.29) is 11.1 Å². The maximum atomic E-state index is 15.0. The lowest BCUT2D eigenvalue weighted by Crippen LogP contribution is -2.17. The van der Waals surface area contributed by atoms with E-state index >= 15 is 4.39 Å². The van der Waals surface area contributed by atoms with Gasteiger partial charge in [-0.2, -0.15) is 0 Å². The van der Waals surface area contributed by atoms with Gasteiger partial charge in [-0.05, 0) is 12.1 Å². The second-order valence-electron chi connectivity index (χ2n) is 7.07. The van der Waals surface area contributed by atoms with Crippen molar-refractivity contribution in [1.82, 2.24) is 19.3 Å². The van der Waals surface area contributed by atoms with Crippen molar-refractivity contribution in [2.45, 2.75) is 0 Å². The van der Waals surface area contributed by atoms with Gasteiger partial charge in [0.2, 0.25) is 0 Å². The Labute approximate surface area is 174 Å². The zero-order valence-electron chi connectivity index (χ0n) is 17.0. The first-order valence-corrected chi connectivity index (χ1v) is 9.48. The Morgan fingerprint density at radius 2 is 2.16 bits per heavy atom. The number of aromatic nitrogens is 3. The van der Waals surface area contributed by atoms with Crippen LogP contribution >= 0.6 is 0 Å². The molecule has 31 heavy (non-hydrogen) atoms. The summed E-state index contributed by atoms with van der Waals surface area (Å²) in [6, 6.07) is 6.13. The van der Waals surface area contributed by atoms with Crippen LogP contribution in [-0.2, 0) is 7.05 Å². The van der Waals surface area contributed by atoms with Gasteiger partial charge in [-0.25, -0.2) is 9.18 Å². The van der Waals surface area contributed by atoms with E-state index in [0.717, 1.165) is 0 Å². The summed E-state index contributed by atoms with van der Waals surface area (Å²) in [5.74, 6) is -0.152. The fourth-order valence-electron chi connectivity index (χ4n) is 4.08. The number of para-hydroxylation sites is 1. The first kappa shape index (κ1) is 18.9. The van der Waals surface area contributed by atoms with Crippen molar-refractivity contribution < 1.29 is 13.5 Å². The molecule has 3 aromatic heterocycles. The second kappa shape index (κ2) is 6.69. The van der Waals surface area contributed by atoms with E-state index < -0.39 is 11.5 Å². The molecule has 0 saturated heterocycles. The average molecular weight is 419 g/mol. The number of ether oxygens (including phenoxy) is 1. The summed E-state index contributed by atoms with van der Waals surface area (Å²) in [6.07, 6.45) is 4.38. The summed E-state index contributed by atoms with van der Waals surface area (Å²) in [4.78, 5) is 17.7. The van der Waals surface area contributed by atoms with E-state index in [4.69, 9.17) is 14.6 Å². The number of fused-ring (bicyclic) bond motifs is 2. The molecule has 0 fully saturated rings. The molecule has 0 amide bonds. The van der Waals surface area contributed by atoms with Crippen molar-refractivity contribution in [2.75, 3.05) is 14.2 Å². The van der Waals surface area contributed by atoms with Crippen molar-refractivity contribution in [3.8, 4) is 5.75 Å². The lowest BCUT2D eigenvalue weighted by Gasteiger charge is -2.12. The third-order valence-electron chi connectivity index (χ3n) is 5.44. The molecule has 3 heterocycles. The highest BCUT2D eigenvalue weighted by atomic mass is 19.1. The van der Waals surface area contributed by atoms with Gasteiger partial charge < -0.3 is 19.9 Å². The van der Waals surface area contributed by atoms with Gasteiger partial charge >= 0.3 is 5.69 Å². The highest BCUT2D eigenvalue weighted by Crippen LogP contribution is 2.40. The number of benzene rings is 2. The first-order valence-electron chi connectivity index (χ1n) is 9.48. The number of allylic oxidation sites excluding steroid dienone is 1. The van der Waals surface area contributed by atoms with Gasteiger partial charge in [0.25, 0.3) is 0 Å². The van der Waals surface area contributed by atoms with E-state index in [1.165, 1.54) is 34.4 Å². The second-order valence-corrected chi connectivity index (χ2v) is 7.07. The Kier molecular flexibility index (Phi) is 4.07. The summed E-state index contributed by atoms with van der Waals surface area (Å²) in [5.41, 5.74) is 2.63. The van der Waals surface area contributed by atoms with Gasteiger partial charge in [-0.3, -0.25) is 14.0 Å².